The number of carbonyl (C=O) groups excluding carboxylic acids is 2. The van der Waals surface area contributed by atoms with Crippen molar-refractivity contribution in [3.8, 4) is 0 Å². The Morgan fingerprint density at radius 3 is 2.29 bits per heavy atom. The van der Waals surface area contributed by atoms with Crippen LogP contribution in [0.15, 0.2) is 29.2 Å². The van der Waals surface area contributed by atoms with Gasteiger partial charge in [-0.2, -0.15) is 0 Å². The first kappa shape index (κ1) is 19.7. The van der Waals surface area contributed by atoms with Crippen LogP contribution < -0.4 is 5.32 Å². The summed E-state index contributed by atoms with van der Waals surface area (Å²) in [5, 5.41) is 3.03. The zero-order chi connectivity index (χ0) is 19.6. The highest BCUT2D eigenvalue weighted by Gasteiger charge is 2.50. The van der Waals surface area contributed by atoms with Crippen molar-refractivity contribution in [3.63, 3.8) is 0 Å². The molecule has 4 aliphatic rings. The lowest BCUT2D eigenvalue weighted by Gasteiger charge is -2.56. The van der Waals surface area contributed by atoms with E-state index in [2.05, 4.69) is 5.32 Å². The van der Waals surface area contributed by atoms with Crippen molar-refractivity contribution >= 4 is 23.6 Å². The van der Waals surface area contributed by atoms with Crippen molar-refractivity contribution in [1.82, 2.24) is 5.32 Å². The van der Waals surface area contributed by atoms with Crippen molar-refractivity contribution in [1.29, 1.82) is 0 Å². The molecule has 0 atom stereocenters. The molecule has 0 spiro atoms. The highest BCUT2D eigenvalue weighted by molar-refractivity contribution is 7.99. The van der Waals surface area contributed by atoms with E-state index in [9.17, 15) is 14.0 Å². The zero-order valence-corrected chi connectivity index (χ0v) is 16.9. The van der Waals surface area contributed by atoms with Crippen LogP contribution in [0.3, 0.4) is 0 Å². The number of thioether (sulfide) groups is 1. The summed E-state index contributed by atoms with van der Waals surface area (Å²) in [7, 11) is 0. The van der Waals surface area contributed by atoms with Crippen LogP contribution in [0.4, 0.5) is 4.39 Å². The van der Waals surface area contributed by atoms with Gasteiger partial charge in [-0.05, 0) is 86.0 Å². The minimum absolute atomic E-state index is 0.199. The Morgan fingerprint density at radius 2 is 1.68 bits per heavy atom. The number of amides is 1. The first-order chi connectivity index (χ1) is 13.5. The molecule has 0 heterocycles. The molecule has 0 radical (unpaired) electrons. The summed E-state index contributed by atoms with van der Waals surface area (Å²) in [5.74, 6) is 2.27. The molecule has 1 aromatic carbocycles. The minimum Gasteiger partial charge on any atom is -0.456 e. The van der Waals surface area contributed by atoms with Crippen molar-refractivity contribution in [2.24, 2.45) is 23.2 Å². The van der Waals surface area contributed by atoms with Crippen LogP contribution in [-0.4, -0.2) is 30.8 Å². The molecular weight excluding hydrogens is 377 g/mol. The molecule has 152 valence electrons. The average molecular weight is 406 g/mol. The van der Waals surface area contributed by atoms with Gasteiger partial charge in [-0.25, -0.2) is 4.39 Å². The smallest absolute Gasteiger partial charge is 0.307 e. The number of rotatable bonds is 8. The van der Waals surface area contributed by atoms with Crippen molar-refractivity contribution < 1.29 is 18.7 Å². The Labute approximate surface area is 170 Å². The maximum absolute atomic E-state index is 12.9. The topological polar surface area (TPSA) is 55.4 Å². The molecule has 4 saturated carbocycles. The van der Waals surface area contributed by atoms with Crippen molar-refractivity contribution in [3.05, 3.63) is 30.1 Å². The van der Waals surface area contributed by atoms with Gasteiger partial charge in [0.25, 0.3) is 5.91 Å². The third-order valence-electron chi connectivity index (χ3n) is 6.58. The molecule has 28 heavy (non-hydrogen) atoms. The fraction of sp³-hybridized carbons (Fsp3) is 0.636. The van der Waals surface area contributed by atoms with Gasteiger partial charge in [0.15, 0.2) is 6.61 Å². The quantitative estimate of drug-likeness (QED) is 0.521. The summed E-state index contributed by atoms with van der Waals surface area (Å²) in [6.45, 7) is 0.527. The summed E-state index contributed by atoms with van der Waals surface area (Å²) >= 11 is 1.47. The van der Waals surface area contributed by atoms with Crippen LogP contribution in [0.25, 0.3) is 0 Å². The number of carbonyl (C=O) groups is 2. The van der Waals surface area contributed by atoms with Crippen molar-refractivity contribution in [2.45, 2.75) is 49.8 Å². The maximum Gasteiger partial charge on any atom is 0.307 e. The lowest BCUT2D eigenvalue weighted by Crippen LogP contribution is -2.51. The molecule has 4 aliphatic carbocycles. The molecule has 4 bridgehead atoms. The first-order valence-electron chi connectivity index (χ1n) is 10.3. The summed E-state index contributed by atoms with van der Waals surface area (Å²) in [4.78, 5) is 24.9. The average Bonchev–Trinajstić information content (AvgIpc) is 2.65. The normalized spacial score (nSPS) is 30.2. The Balaban J connectivity index is 1.13. The van der Waals surface area contributed by atoms with E-state index in [1.807, 2.05) is 0 Å². The van der Waals surface area contributed by atoms with Crippen LogP contribution in [0.5, 0.6) is 0 Å². The van der Waals surface area contributed by atoms with Gasteiger partial charge in [-0.3, -0.25) is 9.59 Å². The molecule has 1 amide bonds. The molecule has 6 heteroatoms. The van der Waals surface area contributed by atoms with Gasteiger partial charge in [-0.15, -0.1) is 11.8 Å². The predicted molar refractivity (Wildman–Crippen MR) is 106 cm³/mol. The van der Waals surface area contributed by atoms with Gasteiger partial charge in [-0.1, -0.05) is 0 Å². The molecule has 0 saturated heterocycles. The van der Waals surface area contributed by atoms with Gasteiger partial charge in [0.2, 0.25) is 0 Å². The lowest BCUT2D eigenvalue weighted by atomic mass is 9.49. The fourth-order valence-corrected chi connectivity index (χ4v) is 6.68. The molecular formula is C22H28FNO3S. The minimum atomic E-state index is -0.375. The number of hydrogen-bond acceptors (Lipinski definition) is 4. The first-order valence-corrected chi connectivity index (χ1v) is 11.3. The second kappa shape index (κ2) is 8.44. The molecule has 4 fully saturated rings. The van der Waals surface area contributed by atoms with Gasteiger partial charge in [0, 0.05) is 17.2 Å². The molecule has 0 unspecified atom stereocenters. The van der Waals surface area contributed by atoms with Crippen LogP contribution in [0.2, 0.25) is 0 Å². The van der Waals surface area contributed by atoms with E-state index in [1.54, 1.807) is 12.1 Å². The van der Waals surface area contributed by atoms with Gasteiger partial charge in [0.1, 0.15) is 5.82 Å². The molecule has 5 rings (SSSR count). The van der Waals surface area contributed by atoms with E-state index in [0.717, 1.165) is 29.2 Å². The molecule has 0 aliphatic heterocycles. The van der Waals surface area contributed by atoms with Gasteiger partial charge in [0.05, 0.1) is 6.42 Å². The van der Waals surface area contributed by atoms with Crippen LogP contribution in [-0.2, 0) is 14.3 Å². The number of halogens is 1. The molecule has 1 aromatic rings. The van der Waals surface area contributed by atoms with E-state index in [0.29, 0.717) is 11.2 Å². The van der Waals surface area contributed by atoms with E-state index in [1.165, 1.54) is 62.4 Å². The highest BCUT2D eigenvalue weighted by atomic mass is 32.2. The largest absolute Gasteiger partial charge is 0.456 e. The van der Waals surface area contributed by atoms with E-state index < -0.39 is 0 Å². The number of benzene rings is 1. The number of ether oxygens (including phenoxy) is 1. The van der Waals surface area contributed by atoms with Crippen LogP contribution in [0, 0.1) is 29.0 Å². The second-order valence-corrected chi connectivity index (χ2v) is 10.1. The van der Waals surface area contributed by atoms with Gasteiger partial charge < -0.3 is 10.1 Å². The fourth-order valence-electron chi connectivity index (χ4n) is 5.84. The summed E-state index contributed by atoms with van der Waals surface area (Å²) in [6.07, 6.45) is 8.14. The van der Waals surface area contributed by atoms with Crippen molar-refractivity contribution in [2.75, 3.05) is 18.9 Å². The summed E-state index contributed by atoms with van der Waals surface area (Å²) < 4.78 is 18.0. The lowest BCUT2D eigenvalue weighted by molar-refractivity contribution is -0.148. The number of esters is 1. The SMILES string of the molecule is O=C(COC(=O)CCSc1ccc(F)cc1)NCC12CC3CC(CC(C3)C1)C2. The monoisotopic (exact) mass is 405 g/mol. The third kappa shape index (κ3) is 4.88. The van der Waals surface area contributed by atoms with Gasteiger partial charge >= 0.3 is 5.97 Å². The predicted octanol–water partition coefficient (Wildman–Crippen LogP) is 4.18. The standard InChI is InChI=1S/C22H28FNO3S/c23-18-1-3-19(4-2-18)28-6-5-21(26)27-13-20(25)24-14-22-10-15-7-16(11-22)9-17(8-15)12-22/h1-4,15-17H,5-14H2,(H,24,25). The maximum atomic E-state index is 12.9. The third-order valence-corrected chi connectivity index (χ3v) is 7.59. The highest BCUT2D eigenvalue weighted by Crippen LogP contribution is 2.59. The molecule has 1 N–H and O–H groups in total. The summed E-state index contributed by atoms with van der Waals surface area (Å²) in [5.41, 5.74) is 0.292. The number of hydrogen-bond donors (Lipinski definition) is 1. The Kier molecular flexibility index (Phi) is 5.95. The summed E-state index contributed by atoms with van der Waals surface area (Å²) in [6, 6.07) is 6.16. The van der Waals surface area contributed by atoms with Crippen LogP contribution >= 0.6 is 11.8 Å². The van der Waals surface area contributed by atoms with E-state index in [-0.39, 0.29) is 30.7 Å². The Hall–Kier alpha value is -1.56. The zero-order valence-electron chi connectivity index (χ0n) is 16.1. The molecule has 0 aromatic heterocycles. The van der Waals surface area contributed by atoms with E-state index in [4.69, 9.17) is 4.74 Å². The van der Waals surface area contributed by atoms with E-state index >= 15 is 0 Å². The molecule has 4 nitrogen and oxygen atoms in total. The Morgan fingerprint density at radius 1 is 1.07 bits per heavy atom. The Bertz CT molecular complexity index is 686. The number of nitrogens with one attached hydrogen (secondary N) is 1. The van der Waals surface area contributed by atoms with Crippen LogP contribution in [0.1, 0.15) is 44.9 Å². The second-order valence-electron chi connectivity index (χ2n) is 8.91.